The lowest BCUT2D eigenvalue weighted by molar-refractivity contribution is 0.281. The molecule has 0 aliphatic rings. The molecule has 2 unspecified atom stereocenters. The molecule has 7 heteroatoms. The average Bonchev–Trinajstić information content (AvgIpc) is 2.37. The number of aliphatic hydroxyl groups excluding tert-OH is 1. The molecule has 0 fully saturated rings. The van der Waals surface area contributed by atoms with Crippen LogP contribution in [0, 0.1) is 5.92 Å². The molecule has 0 saturated heterocycles. The third-order valence-electron chi connectivity index (χ3n) is 3.37. The third kappa shape index (κ3) is 5.11. The van der Waals surface area contributed by atoms with Gasteiger partial charge in [-0.25, -0.2) is 13.1 Å². The van der Waals surface area contributed by atoms with Crippen molar-refractivity contribution in [3.63, 3.8) is 0 Å². The van der Waals surface area contributed by atoms with Crippen molar-refractivity contribution in [2.75, 3.05) is 0 Å². The summed E-state index contributed by atoms with van der Waals surface area (Å²) in [4.78, 5) is -0.0615. The van der Waals surface area contributed by atoms with Crippen molar-refractivity contribution in [3.05, 3.63) is 27.7 Å². The molecule has 1 aromatic rings. The molecular weight excluding hydrogens is 333 g/mol. The zero-order chi connectivity index (χ0) is 16.2. The van der Waals surface area contributed by atoms with Gasteiger partial charge in [-0.1, -0.05) is 43.5 Å². The van der Waals surface area contributed by atoms with Crippen LogP contribution in [0.2, 0.25) is 10.0 Å². The van der Waals surface area contributed by atoms with Gasteiger partial charge in [-0.2, -0.15) is 0 Å². The first-order chi connectivity index (χ1) is 9.71. The Balaban J connectivity index is 3.03. The summed E-state index contributed by atoms with van der Waals surface area (Å²) in [6.07, 6.45) is 1.73. The number of sulfonamides is 1. The molecule has 1 aromatic carbocycles. The largest absolute Gasteiger partial charge is 0.392 e. The minimum Gasteiger partial charge on any atom is -0.392 e. The number of hydrogen-bond acceptors (Lipinski definition) is 3. The smallest absolute Gasteiger partial charge is 0.242 e. The molecular formula is C14H21Cl2NO3S. The standard InChI is InChI=1S/C14H21Cl2NO3S/c1-4-9(2)5-10(3)17-21(19,20)14-6-11(8-18)12(15)7-13(14)16/h6-7,9-10,17-18H,4-5,8H2,1-3H3. The molecule has 4 nitrogen and oxygen atoms in total. The summed E-state index contributed by atoms with van der Waals surface area (Å²) in [5.74, 6) is 0.427. The van der Waals surface area contributed by atoms with Crippen LogP contribution in [0.15, 0.2) is 17.0 Å². The Bertz CT molecular complexity index is 590. The first-order valence-corrected chi connectivity index (χ1v) is 9.06. The molecule has 0 bridgehead atoms. The predicted molar refractivity (Wildman–Crippen MR) is 86.2 cm³/mol. The Morgan fingerprint density at radius 3 is 2.38 bits per heavy atom. The van der Waals surface area contributed by atoms with Gasteiger partial charge in [0.15, 0.2) is 0 Å². The minimum absolute atomic E-state index is 0.0421. The second kappa shape index (κ2) is 7.79. The summed E-state index contributed by atoms with van der Waals surface area (Å²) in [6.45, 7) is 5.61. The number of benzene rings is 1. The van der Waals surface area contributed by atoms with Crippen molar-refractivity contribution >= 4 is 33.2 Å². The Kier molecular flexibility index (Phi) is 6.94. The number of hydrogen-bond donors (Lipinski definition) is 2. The van der Waals surface area contributed by atoms with E-state index in [1.54, 1.807) is 0 Å². The molecule has 0 aliphatic heterocycles. The van der Waals surface area contributed by atoms with E-state index in [1.807, 2.05) is 6.92 Å². The molecule has 2 N–H and O–H groups in total. The Morgan fingerprint density at radius 1 is 1.24 bits per heavy atom. The van der Waals surface area contributed by atoms with Gasteiger partial charge in [0.2, 0.25) is 10.0 Å². The highest BCUT2D eigenvalue weighted by molar-refractivity contribution is 7.89. The van der Waals surface area contributed by atoms with E-state index < -0.39 is 10.0 Å². The predicted octanol–water partition coefficient (Wildman–Crippen LogP) is 3.59. The van der Waals surface area contributed by atoms with Gasteiger partial charge in [0.25, 0.3) is 0 Å². The van der Waals surface area contributed by atoms with Crippen molar-refractivity contribution in [1.82, 2.24) is 4.72 Å². The maximum Gasteiger partial charge on any atom is 0.242 e. The van der Waals surface area contributed by atoms with E-state index in [4.69, 9.17) is 23.2 Å². The van der Waals surface area contributed by atoms with Gasteiger partial charge < -0.3 is 5.11 Å². The van der Waals surface area contributed by atoms with Crippen LogP contribution in [0.4, 0.5) is 0 Å². The molecule has 0 saturated carbocycles. The van der Waals surface area contributed by atoms with Crippen molar-refractivity contribution < 1.29 is 13.5 Å². The van der Waals surface area contributed by atoms with Crippen LogP contribution in [0.1, 0.15) is 39.2 Å². The van der Waals surface area contributed by atoms with Crippen LogP contribution in [-0.2, 0) is 16.6 Å². The van der Waals surface area contributed by atoms with Crippen molar-refractivity contribution in [2.45, 2.75) is 51.2 Å². The fourth-order valence-corrected chi connectivity index (χ4v) is 4.16. The number of rotatable bonds is 7. The lowest BCUT2D eigenvalue weighted by atomic mass is 10.0. The maximum absolute atomic E-state index is 12.4. The van der Waals surface area contributed by atoms with Crippen LogP contribution < -0.4 is 4.72 Å². The van der Waals surface area contributed by atoms with Gasteiger partial charge in [-0.3, -0.25) is 0 Å². The second-order valence-electron chi connectivity index (χ2n) is 5.30. The summed E-state index contributed by atoms with van der Waals surface area (Å²) in [6, 6.07) is 2.44. The zero-order valence-electron chi connectivity index (χ0n) is 12.4. The number of halogens is 2. The third-order valence-corrected chi connectivity index (χ3v) is 5.78. The van der Waals surface area contributed by atoms with E-state index in [1.165, 1.54) is 12.1 Å². The summed E-state index contributed by atoms with van der Waals surface area (Å²) in [5, 5.41) is 9.48. The molecule has 0 aliphatic carbocycles. The summed E-state index contributed by atoms with van der Waals surface area (Å²) >= 11 is 11.9. The zero-order valence-corrected chi connectivity index (χ0v) is 14.7. The number of aliphatic hydroxyl groups is 1. The van der Waals surface area contributed by atoms with Gasteiger partial charge in [-0.05, 0) is 37.0 Å². The van der Waals surface area contributed by atoms with Crippen LogP contribution in [0.3, 0.4) is 0 Å². The highest BCUT2D eigenvalue weighted by Crippen LogP contribution is 2.29. The molecule has 1 rings (SSSR count). The number of nitrogens with one attached hydrogen (secondary N) is 1. The van der Waals surface area contributed by atoms with E-state index in [-0.39, 0.29) is 27.6 Å². The highest BCUT2D eigenvalue weighted by atomic mass is 35.5. The molecule has 0 heterocycles. The van der Waals surface area contributed by atoms with Gasteiger partial charge >= 0.3 is 0 Å². The van der Waals surface area contributed by atoms with Crippen LogP contribution >= 0.6 is 23.2 Å². The van der Waals surface area contributed by atoms with Crippen molar-refractivity contribution in [3.8, 4) is 0 Å². The second-order valence-corrected chi connectivity index (χ2v) is 7.80. The fourth-order valence-electron chi connectivity index (χ4n) is 2.04. The van der Waals surface area contributed by atoms with Gasteiger partial charge in [0.1, 0.15) is 4.90 Å². The van der Waals surface area contributed by atoms with Crippen LogP contribution in [-0.4, -0.2) is 19.6 Å². The summed E-state index contributed by atoms with van der Waals surface area (Å²) in [5.41, 5.74) is 0.330. The normalized spacial score (nSPS) is 15.0. The Labute approximate surface area is 136 Å². The molecule has 21 heavy (non-hydrogen) atoms. The molecule has 0 radical (unpaired) electrons. The van der Waals surface area contributed by atoms with Crippen molar-refractivity contribution in [2.24, 2.45) is 5.92 Å². The minimum atomic E-state index is -3.75. The SMILES string of the molecule is CCC(C)CC(C)NS(=O)(=O)c1cc(CO)c(Cl)cc1Cl. The lowest BCUT2D eigenvalue weighted by Crippen LogP contribution is -2.34. The van der Waals surface area contributed by atoms with E-state index in [9.17, 15) is 13.5 Å². The van der Waals surface area contributed by atoms with E-state index in [0.717, 1.165) is 12.8 Å². The summed E-state index contributed by atoms with van der Waals surface area (Å²) < 4.78 is 27.4. The first-order valence-electron chi connectivity index (χ1n) is 6.82. The maximum atomic E-state index is 12.4. The molecule has 0 aromatic heterocycles. The van der Waals surface area contributed by atoms with E-state index in [2.05, 4.69) is 18.6 Å². The van der Waals surface area contributed by atoms with Crippen molar-refractivity contribution in [1.29, 1.82) is 0 Å². The van der Waals surface area contributed by atoms with Crippen LogP contribution in [0.5, 0.6) is 0 Å². The lowest BCUT2D eigenvalue weighted by Gasteiger charge is -2.18. The van der Waals surface area contributed by atoms with Gasteiger partial charge in [0, 0.05) is 11.1 Å². The molecule has 0 amide bonds. The van der Waals surface area contributed by atoms with Gasteiger partial charge in [-0.15, -0.1) is 0 Å². The van der Waals surface area contributed by atoms with E-state index >= 15 is 0 Å². The monoisotopic (exact) mass is 353 g/mol. The fraction of sp³-hybridized carbons (Fsp3) is 0.571. The molecule has 2 atom stereocenters. The topological polar surface area (TPSA) is 66.4 Å². The molecule has 0 spiro atoms. The highest BCUT2D eigenvalue weighted by Gasteiger charge is 2.22. The summed E-state index contributed by atoms with van der Waals surface area (Å²) in [7, 11) is -3.75. The quantitative estimate of drug-likeness (QED) is 0.786. The molecule has 120 valence electrons. The van der Waals surface area contributed by atoms with Gasteiger partial charge in [0.05, 0.1) is 11.6 Å². The average molecular weight is 354 g/mol. The Hall–Kier alpha value is -0.330. The van der Waals surface area contributed by atoms with Crippen LogP contribution in [0.25, 0.3) is 0 Å². The Morgan fingerprint density at radius 2 is 1.86 bits per heavy atom. The van der Waals surface area contributed by atoms with E-state index in [0.29, 0.717) is 11.5 Å². The first kappa shape index (κ1) is 18.7.